The average molecular weight is 295 g/mol. The summed E-state index contributed by atoms with van der Waals surface area (Å²) in [5, 5.41) is 13.0. The monoisotopic (exact) mass is 295 g/mol. The van der Waals surface area contributed by atoms with Crippen molar-refractivity contribution in [3.63, 3.8) is 0 Å². The van der Waals surface area contributed by atoms with E-state index in [1.165, 1.54) is 26.0 Å². The molecule has 0 saturated carbocycles. The maximum absolute atomic E-state index is 12.9. The lowest BCUT2D eigenvalue weighted by Gasteiger charge is -2.26. The molecule has 0 bridgehead atoms. The van der Waals surface area contributed by atoms with E-state index in [4.69, 9.17) is 10.2 Å². The number of anilines is 1. The number of hydrogen-bond donors (Lipinski definition) is 2. The number of sulfonamides is 1. The third kappa shape index (κ3) is 3.84. The zero-order chi connectivity index (χ0) is 14.0. The highest BCUT2D eigenvalue weighted by molar-refractivity contribution is 8.15. The molecule has 0 spiro atoms. The predicted octanol–water partition coefficient (Wildman–Crippen LogP) is 1.44. The van der Waals surface area contributed by atoms with Crippen molar-refractivity contribution in [2.24, 2.45) is 0 Å². The van der Waals surface area contributed by atoms with Crippen LogP contribution in [0.4, 0.5) is 10.1 Å². The lowest BCUT2D eigenvalue weighted by molar-refractivity contribution is -0.177. The van der Waals surface area contributed by atoms with Crippen molar-refractivity contribution in [3.05, 3.63) is 30.3 Å². The summed E-state index contributed by atoms with van der Waals surface area (Å²) in [5.74, 6) is 0. The normalized spacial score (nSPS) is 12.8. The molecule has 18 heavy (non-hydrogen) atoms. The Hall–Kier alpha value is -0.830. The molecule has 8 heteroatoms. The highest BCUT2D eigenvalue weighted by atomic mass is 32.3. The number of hydrogen-bond acceptors (Lipinski definition) is 5. The third-order valence-corrected chi connectivity index (χ3v) is 5.31. The van der Waals surface area contributed by atoms with Crippen LogP contribution in [-0.4, -0.2) is 29.3 Å². The largest absolute Gasteiger partial charge is 0.388 e. The predicted molar refractivity (Wildman–Crippen MR) is 68.8 cm³/mol. The topological polar surface area (TPSA) is 77.8 Å². The number of aliphatic hydroxyl groups is 2. The van der Waals surface area contributed by atoms with Crippen LogP contribution in [0.15, 0.2) is 30.3 Å². The molecule has 0 amide bonds. The Bertz CT molecular complexity index is 484. The van der Waals surface area contributed by atoms with Crippen molar-refractivity contribution in [2.75, 3.05) is 3.71 Å². The van der Waals surface area contributed by atoms with Crippen LogP contribution in [0.1, 0.15) is 13.8 Å². The van der Waals surface area contributed by atoms with Gasteiger partial charge < -0.3 is 10.2 Å². The van der Waals surface area contributed by atoms with Gasteiger partial charge in [0.1, 0.15) is 0 Å². The van der Waals surface area contributed by atoms with Gasteiger partial charge in [-0.1, -0.05) is 18.2 Å². The van der Waals surface area contributed by atoms with Crippen molar-refractivity contribution in [1.82, 2.24) is 0 Å². The molecule has 5 nitrogen and oxygen atoms in total. The molecular formula is C10H14FNO4S2. The summed E-state index contributed by atoms with van der Waals surface area (Å²) in [4.78, 5) is 0. The van der Waals surface area contributed by atoms with E-state index < -0.39 is 20.6 Å². The van der Waals surface area contributed by atoms with Gasteiger partial charge in [0, 0.05) is 0 Å². The molecule has 1 rings (SSSR count). The summed E-state index contributed by atoms with van der Waals surface area (Å²) in [6, 6.07) is 7.65. The van der Waals surface area contributed by atoms with Crippen LogP contribution in [0.2, 0.25) is 0 Å². The molecule has 0 saturated heterocycles. The first-order valence-corrected chi connectivity index (χ1v) is 7.34. The summed E-state index contributed by atoms with van der Waals surface area (Å²) in [7, 11) is -3.89. The zero-order valence-electron chi connectivity index (χ0n) is 9.82. The van der Waals surface area contributed by atoms with Gasteiger partial charge in [0.2, 0.25) is 10.0 Å². The van der Waals surface area contributed by atoms with E-state index in [1.54, 1.807) is 18.2 Å². The van der Waals surface area contributed by atoms with Crippen molar-refractivity contribution >= 4 is 27.7 Å². The minimum absolute atomic E-state index is 0.140. The zero-order valence-corrected chi connectivity index (χ0v) is 11.4. The molecule has 0 aliphatic carbocycles. The minimum atomic E-state index is -3.89. The Balaban J connectivity index is 3.21. The highest BCUT2D eigenvalue weighted by Gasteiger charge is 2.36. The van der Waals surface area contributed by atoms with Crippen molar-refractivity contribution in [3.8, 4) is 0 Å². The first kappa shape index (κ1) is 15.2. The SMILES string of the molecule is CC(C)S(=O)(=O)N(SC(O)(O)F)c1ccccc1. The van der Waals surface area contributed by atoms with E-state index in [0.29, 0.717) is 3.71 Å². The first-order chi connectivity index (χ1) is 8.14. The quantitative estimate of drug-likeness (QED) is 0.635. The standard InChI is InChI=1S/C10H14FNO4S2/c1-8(2)18(15,16)12(17-10(11,13)14)9-6-4-3-5-7-9/h3-8,13-14H,1-2H3. The summed E-state index contributed by atoms with van der Waals surface area (Å²) >= 11 is -0.220. The van der Waals surface area contributed by atoms with Crippen LogP contribution in [0.3, 0.4) is 0 Å². The molecule has 0 atom stereocenters. The number of alkyl halides is 1. The second-order valence-electron chi connectivity index (χ2n) is 3.78. The van der Waals surface area contributed by atoms with Gasteiger partial charge in [-0.2, -0.15) is 4.39 Å². The van der Waals surface area contributed by atoms with Crippen LogP contribution in [0.5, 0.6) is 0 Å². The molecule has 0 fully saturated rings. The van der Waals surface area contributed by atoms with Crippen molar-refractivity contribution in [2.45, 2.75) is 24.5 Å². The maximum Gasteiger partial charge on any atom is 0.388 e. The van der Waals surface area contributed by atoms with Crippen molar-refractivity contribution in [1.29, 1.82) is 0 Å². The van der Waals surface area contributed by atoms with Crippen LogP contribution in [0.25, 0.3) is 0 Å². The van der Waals surface area contributed by atoms with Crippen LogP contribution < -0.4 is 3.71 Å². The summed E-state index contributed by atoms with van der Waals surface area (Å²) < 4.78 is 37.5. The van der Waals surface area contributed by atoms with E-state index in [-0.39, 0.29) is 17.6 Å². The summed E-state index contributed by atoms with van der Waals surface area (Å²) in [6.07, 6.45) is 0. The molecule has 1 aromatic carbocycles. The van der Waals surface area contributed by atoms with Gasteiger partial charge in [-0.25, -0.2) is 12.1 Å². The van der Waals surface area contributed by atoms with Gasteiger partial charge in [0.15, 0.2) is 0 Å². The molecule has 2 N–H and O–H groups in total. The Kier molecular flexibility index (Phi) is 4.60. The minimum Gasteiger partial charge on any atom is -0.330 e. The second kappa shape index (κ2) is 5.43. The second-order valence-corrected chi connectivity index (χ2v) is 7.41. The van der Waals surface area contributed by atoms with Gasteiger partial charge in [0.05, 0.1) is 22.9 Å². The van der Waals surface area contributed by atoms with E-state index in [2.05, 4.69) is 0 Å². The molecule has 1 aromatic rings. The number of nitrogens with zero attached hydrogens (tertiary/aromatic N) is 1. The Labute approximate surface area is 109 Å². The fourth-order valence-electron chi connectivity index (χ4n) is 1.10. The maximum atomic E-state index is 12.9. The number of rotatable bonds is 5. The Morgan fingerprint density at radius 3 is 2.17 bits per heavy atom. The van der Waals surface area contributed by atoms with Gasteiger partial charge in [-0.3, -0.25) is 0 Å². The van der Waals surface area contributed by atoms with Gasteiger partial charge in [0.25, 0.3) is 0 Å². The van der Waals surface area contributed by atoms with E-state index in [0.717, 1.165) is 0 Å². The lowest BCUT2D eigenvalue weighted by Crippen LogP contribution is -2.35. The number of halogens is 1. The molecular weight excluding hydrogens is 281 g/mol. The highest BCUT2D eigenvalue weighted by Crippen LogP contribution is 2.34. The number of benzene rings is 1. The lowest BCUT2D eigenvalue weighted by atomic mass is 10.3. The first-order valence-electron chi connectivity index (χ1n) is 5.06. The average Bonchev–Trinajstić information content (AvgIpc) is 2.25. The Morgan fingerprint density at radius 2 is 1.78 bits per heavy atom. The van der Waals surface area contributed by atoms with Gasteiger partial charge in [-0.05, 0) is 26.0 Å². The van der Waals surface area contributed by atoms with Crippen LogP contribution >= 0.6 is 11.9 Å². The van der Waals surface area contributed by atoms with Crippen LogP contribution in [0, 0.1) is 0 Å². The van der Waals surface area contributed by atoms with Crippen molar-refractivity contribution < 1.29 is 23.0 Å². The van der Waals surface area contributed by atoms with Gasteiger partial charge in [-0.15, -0.1) is 0 Å². The Morgan fingerprint density at radius 1 is 1.28 bits per heavy atom. The molecule has 0 radical (unpaired) electrons. The molecule has 0 aliphatic rings. The summed E-state index contributed by atoms with van der Waals surface area (Å²) in [5.41, 5.74) is 0.140. The fraction of sp³-hybridized carbons (Fsp3) is 0.400. The number of para-hydroxylation sites is 1. The third-order valence-electron chi connectivity index (χ3n) is 1.99. The molecule has 0 aliphatic heterocycles. The van der Waals surface area contributed by atoms with Crippen LogP contribution in [-0.2, 0) is 10.0 Å². The molecule has 0 heterocycles. The molecule has 0 aromatic heterocycles. The molecule has 0 unspecified atom stereocenters. The van der Waals surface area contributed by atoms with E-state index in [9.17, 15) is 12.8 Å². The molecule has 102 valence electrons. The van der Waals surface area contributed by atoms with E-state index >= 15 is 0 Å². The fourth-order valence-corrected chi connectivity index (χ4v) is 3.55. The smallest absolute Gasteiger partial charge is 0.330 e. The summed E-state index contributed by atoms with van der Waals surface area (Å²) in [6.45, 7) is 2.83. The van der Waals surface area contributed by atoms with Gasteiger partial charge >= 0.3 is 5.37 Å². The van der Waals surface area contributed by atoms with E-state index in [1.807, 2.05) is 0 Å².